The predicted molar refractivity (Wildman–Crippen MR) is 78.6 cm³/mol. The van der Waals surface area contributed by atoms with Gasteiger partial charge in [0.2, 0.25) is 0 Å². The molecule has 19 heavy (non-hydrogen) atoms. The summed E-state index contributed by atoms with van der Waals surface area (Å²) >= 11 is 5.72. The van der Waals surface area contributed by atoms with E-state index in [1.807, 2.05) is 24.3 Å². The molecule has 1 heterocycles. The van der Waals surface area contributed by atoms with Crippen LogP contribution in [0.5, 0.6) is 0 Å². The summed E-state index contributed by atoms with van der Waals surface area (Å²) in [5, 5.41) is 2.97. The molecule has 0 spiro atoms. The van der Waals surface area contributed by atoms with Gasteiger partial charge in [-0.25, -0.2) is 0 Å². The number of nitrogens with zero attached hydrogens (tertiary/aromatic N) is 1. The van der Waals surface area contributed by atoms with Gasteiger partial charge in [-0.1, -0.05) is 18.6 Å². The average molecular weight is 281 g/mol. The molecule has 1 aromatic carbocycles. The molecule has 1 N–H and O–H groups in total. The summed E-state index contributed by atoms with van der Waals surface area (Å²) in [4.78, 5) is 14.3. The first-order valence-corrected chi connectivity index (χ1v) is 7.48. The molecule has 3 nitrogen and oxygen atoms in total. The number of piperidine rings is 1. The van der Waals surface area contributed by atoms with Gasteiger partial charge in [0.05, 0.1) is 0 Å². The minimum absolute atomic E-state index is 0.00173. The molecule has 104 valence electrons. The number of likely N-dealkylation sites (tertiary alicyclic amines) is 1. The highest BCUT2D eigenvalue weighted by Crippen LogP contribution is 2.08. The Labute approximate surface area is 119 Å². The van der Waals surface area contributed by atoms with Crippen molar-refractivity contribution in [1.29, 1.82) is 0 Å². The van der Waals surface area contributed by atoms with E-state index in [1.165, 1.54) is 32.4 Å². The fourth-order valence-electron chi connectivity index (χ4n) is 2.36. The van der Waals surface area contributed by atoms with Crippen LogP contribution in [0.25, 0.3) is 0 Å². The lowest BCUT2D eigenvalue weighted by molar-refractivity contribution is 0.0946. The van der Waals surface area contributed by atoms with Crippen LogP contribution in [-0.4, -0.2) is 37.0 Å². The van der Waals surface area contributed by atoms with Gasteiger partial charge in [-0.3, -0.25) is 4.79 Å². The molecule has 1 fully saturated rings. The molecule has 1 aliphatic rings. The van der Waals surface area contributed by atoms with E-state index >= 15 is 0 Å². The van der Waals surface area contributed by atoms with Crippen LogP contribution in [0.4, 0.5) is 0 Å². The minimum atomic E-state index is -0.00173. The normalized spacial score (nSPS) is 16.3. The Bertz CT molecular complexity index is 399. The van der Waals surface area contributed by atoms with Gasteiger partial charge in [0.15, 0.2) is 0 Å². The molecule has 2 rings (SSSR count). The Hall–Kier alpha value is -1.06. The summed E-state index contributed by atoms with van der Waals surface area (Å²) in [5.74, 6) is 0.481. The Morgan fingerprint density at radius 3 is 2.47 bits per heavy atom. The molecule has 1 aliphatic heterocycles. The number of rotatable bonds is 5. The van der Waals surface area contributed by atoms with Crippen LogP contribution >= 0.6 is 11.6 Å². The summed E-state index contributed by atoms with van der Waals surface area (Å²) < 4.78 is 0. The van der Waals surface area contributed by atoms with Crippen LogP contribution in [-0.2, 0) is 5.88 Å². The number of hydrogen-bond acceptors (Lipinski definition) is 2. The van der Waals surface area contributed by atoms with Crippen molar-refractivity contribution >= 4 is 17.5 Å². The van der Waals surface area contributed by atoms with Gasteiger partial charge in [0.25, 0.3) is 5.91 Å². The maximum Gasteiger partial charge on any atom is 0.251 e. The lowest BCUT2D eigenvalue weighted by atomic mass is 10.1. The predicted octanol–water partition coefficient (Wildman–Crippen LogP) is 2.64. The topological polar surface area (TPSA) is 32.3 Å². The average Bonchev–Trinajstić information content (AvgIpc) is 2.48. The van der Waals surface area contributed by atoms with Gasteiger partial charge >= 0.3 is 0 Å². The van der Waals surface area contributed by atoms with Crippen LogP contribution in [0.1, 0.15) is 35.2 Å². The molecule has 0 aromatic heterocycles. The lowest BCUT2D eigenvalue weighted by Gasteiger charge is -2.26. The van der Waals surface area contributed by atoms with Crippen LogP contribution in [0, 0.1) is 0 Å². The zero-order valence-corrected chi connectivity index (χ0v) is 12.0. The van der Waals surface area contributed by atoms with E-state index in [4.69, 9.17) is 11.6 Å². The number of alkyl halides is 1. The number of halogens is 1. The number of amides is 1. The van der Waals surface area contributed by atoms with E-state index in [0.717, 1.165) is 18.7 Å². The Balaban J connectivity index is 1.73. The quantitative estimate of drug-likeness (QED) is 0.841. The highest BCUT2D eigenvalue weighted by Gasteiger charge is 2.10. The smallest absolute Gasteiger partial charge is 0.251 e. The molecule has 0 aliphatic carbocycles. The zero-order valence-electron chi connectivity index (χ0n) is 11.2. The first kappa shape index (κ1) is 14.4. The third kappa shape index (κ3) is 4.51. The molecule has 0 unspecified atom stereocenters. The summed E-state index contributed by atoms with van der Waals surface area (Å²) in [6.45, 7) is 4.00. The number of carbonyl (C=O) groups is 1. The van der Waals surface area contributed by atoms with Crippen molar-refractivity contribution in [2.45, 2.75) is 25.1 Å². The molecule has 1 aromatic rings. The van der Waals surface area contributed by atoms with Crippen molar-refractivity contribution < 1.29 is 4.79 Å². The Kier molecular flexibility index (Phi) is 5.67. The van der Waals surface area contributed by atoms with Gasteiger partial charge in [-0.15, -0.1) is 11.6 Å². The van der Waals surface area contributed by atoms with E-state index in [1.54, 1.807) is 0 Å². The molecule has 0 atom stereocenters. The Morgan fingerprint density at radius 2 is 1.84 bits per heavy atom. The number of nitrogens with one attached hydrogen (secondary N) is 1. The van der Waals surface area contributed by atoms with Crippen LogP contribution in [0.2, 0.25) is 0 Å². The van der Waals surface area contributed by atoms with Crippen LogP contribution in [0.3, 0.4) is 0 Å². The summed E-state index contributed by atoms with van der Waals surface area (Å²) in [6.07, 6.45) is 3.91. The zero-order chi connectivity index (χ0) is 13.5. The molecule has 1 saturated heterocycles. The van der Waals surface area contributed by atoms with Crippen molar-refractivity contribution in [3.05, 3.63) is 35.4 Å². The lowest BCUT2D eigenvalue weighted by Crippen LogP contribution is -2.37. The molecular weight excluding hydrogens is 260 g/mol. The maximum absolute atomic E-state index is 11.9. The number of benzene rings is 1. The van der Waals surface area contributed by atoms with E-state index in [2.05, 4.69) is 10.2 Å². The Morgan fingerprint density at radius 1 is 1.16 bits per heavy atom. The summed E-state index contributed by atoms with van der Waals surface area (Å²) in [7, 11) is 0. The van der Waals surface area contributed by atoms with E-state index in [-0.39, 0.29) is 5.91 Å². The maximum atomic E-state index is 11.9. The molecule has 4 heteroatoms. The van der Waals surface area contributed by atoms with Gasteiger partial charge in [0.1, 0.15) is 0 Å². The fourth-order valence-corrected chi connectivity index (χ4v) is 2.54. The largest absolute Gasteiger partial charge is 0.351 e. The van der Waals surface area contributed by atoms with Crippen molar-refractivity contribution in [3.8, 4) is 0 Å². The molecule has 0 bridgehead atoms. The second kappa shape index (κ2) is 7.51. The van der Waals surface area contributed by atoms with E-state index in [9.17, 15) is 4.79 Å². The first-order valence-electron chi connectivity index (χ1n) is 6.95. The van der Waals surface area contributed by atoms with Gasteiger partial charge in [-0.05, 0) is 43.6 Å². The van der Waals surface area contributed by atoms with E-state index < -0.39 is 0 Å². The van der Waals surface area contributed by atoms with Crippen molar-refractivity contribution in [3.63, 3.8) is 0 Å². The second-order valence-electron chi connectivity index (χ2n) is 4.99. The third-order valence-electron chi connectivity index (χ3n) is 3.53. The second-order valence-corrected chi connectivity index (χ2v) is 5.26. The monoisotopic (exact) mass is 280 g/mol. The SMILES string of the molecule is O=C(NCCN1CCCCC1)c1ccc(CCl)cc1. The number of carbonyl (C=O) groups excluding carboxylic acids is 1. The molecule has 1 amide bonds. The van der Waals surface area contributed by atoms with Crippen molar-refractivity contribution in [1.82, 2.24) is 10.2 Å². The third-order valence-corrected chi connectivity index (χ3v) is 3.84. The van der Waals surface area contributed by atoms with E-state index in [0.29, 0.717) is 11.4 Å². The molecule has 0 radical (unpaired) electrons. The van der Waals surface area contributed by atoms with Gasteiger partial charge in [-0.2, -0.15) is 0 Å². The molecule has 0 saturated carbocycles. The first-order chi connectivity index (χ1) is 9.29. The molecular formula is C15H21ClN2O. The summed E-state index contributed by atoms with van der Waals surface area (Å²) in [6, 6.07) is 7.45. The van der Waals surface area contributed by atoms with Crippen LogP contribution < -0.4 is 5.32 Å². The van der Waals surface area contributed by atoms with Crippen LogP contribution in [0.15, 0.2) is 24.3 Å². The highest BCUT2D eigenvalue weighted by atomic mass is 35.5. The van der Waals surface area contributed by atoms with Gasteiger partial charge in [0, 0.05) is 24.5 Å². The van der Waals surface area contributed by atoms with Crippen molar-refractivity contribution in [2.24, 2.45) is 0 Å². The highest BCUT2D eigenvalue weighted by molar-refractivity contribution is 6.17. The fraction of sp³-hybridized carbons (Fsp3) is 0.533. The number of hydrogen-bond donors (Lipinski definition) is 1. The summed E-state index contributed by atoms with van der Waals surface area (Å²) in [5.41, 5.74) is 1.74. The minimum Gasteiger partial charge on any atom is -0.351 e. The van der Waals surface area contributed by atoms with Crippen molar-refractivity contribution in [2.75, 3.05) is 26.2 Å². The van der Waals surface area contributed by atoms with Gasteiger partial charge < -0.3 is 10.2 Å². The standard InChI is InChI=1S/C15H21ClN2O/c16-12-13-4-6-14(7-5-13)15(19)17-8-11-18-9-2-1-3-10-18/h4-7H,1-3,8-12H2,(H,17,19).